The summed E-state index contributed by atoms with van der Waals surface area (Å²) in [6, 6.07) is 18.2. The topological polar surface area (TPSA) is 106 Å². The summed E-state index contributed by atoms with van der Waals surface area (Å²) < 4.78 is 33.1. The molecule has 3 atom stereocenters. The molecule has 2 aromatic carbocycles. The van der Waals surface area contributed by atoms with Gasteiger partial charge in [-0.25, -0.2) is 14.2 Å². The van der Waals surface area contributed by atoms with Gasteiger partial charge in [-0.15, -0.1) is 0 Å². The standard InChI is InChI=1S/C32H31FN6O4/c1-41-32(40)21-7-8-26-27(14-21)39(31-10-12-42-31)29(35-26)18-37-11-9-23-15-24(37)17-38(23)28-3-2-4-30(36-28)43-19-22-6-5-20(16-34)13-25(22)33/h2-8,13-14,23-24,31H,9-12,15,17-19H2,1H3/t23-,24+,31?/m0/s1. The summed E-state index contributed by atoms with van der Waals surface area (Å²) in [6.45, 7) is 3.18. The number of aromatic nitrogens is 3. The molecule has 2 bridgehead atoms. The number of nitrogens with zero attached hydrogens (tertiary/aromatic N) is 6. The van der Waals surface area contributed by atoms with Gasteiger partial charge in [0.1, 0.15) is 30.3 Å². The van der Waals surface area contributed by atoms with E-state index >= 15 is 0 Å². The minimum absolute atomic E-state index is 0.0284. The third-order valence-electron chi connectivity index (χ3n) is 8.71. The molecular formula is C32H31FN6O4. The van der Waals surface area contributed by atoms with Crippen LogP contribution in [0.5, 0.6) is 5.88 Å². The molecule has 220 valence electrons. The Morgan fingerprint density at radius 1 is 1.14 bits per heavy atom. The Kier molecular flexibility index (Phi) is 7.16. The molecule has 0 saturated carbocycles. The molecule has 3 saturated heterocycles. The van der Waals surface area contributed by atoms with E-state index in [0.29, 0.717) is 42.2 Å². The number of halogens is 1. The van der Waals surface area contributed by atoms with Crippen LogP contribution in [0.4, 0.5) is 10.2 Å². The highest BCUT2D eigenvalue weighted by molar-refractivity contribution is 5.93. The number of anilines is 1. The summed E-state index contributed by atoms with van der Waals surface area (Å²) >= 11 is 0. The Labute approximate surface area is 248 Å². The van der Waals surface area contributed by atoms with Gasteiger partial charge in [0, 0.05) is 43.2 Å². The molecule has 0 aliphatic carbocycles. The van der Waals surface area contributed by atoms with Crippen molar-refractivity contribution in [1.82, 2.24) is 19.4 Å². The predicted octanol–water partition coefficient (Wildman–Crippen LogP) is 4.58. The second-order valence-corrected chi connectivity index (χ2v) is 11.2. The molecule has 7 rings (SSSR count). The van der Waals surface area contributed by atoms with Crippen LogP contribution in [0.15, 0.2) is 54.6 Å². The lowest BCUT2D eigenvalue weighted by Crippen LogP contribution is -2.41. The van der Waals surface area contributed by atoms with Gasteiger partial charge in [0.15, 0.2) is 0 Å². The summed E-state index contributed by atoms with van der Waals surface area (Å²) in [7, 11) is 1.39. The predicted molar refractivity (Wildman–Crippen MR) is 155 cm³/mol. The highest BCUT2D eigenvalue weighted by Gasteiger charge is 2.41. The number of carbonyl (C=O) groups excluding carboxylic acids is 1. The Morgan fingerprint density at radius 3 is 2.79 bits per heavy atom. The first kappa shape index (κ1) is 27.3. The summed E-state index contributed by atoms with van der Waals surface area (Å²) in [4.78, 5) is 26.8. The van der Waals surface area contributed by atoms with Crippen molar-refractivity contribution < 1.29 is 23.4 Å². The zero-order valence-electron chi connectivity index (χ0n) is 23.8. The molecular weight excluding hydrogens is 551 g/mol. The van der Waals surface area contributed by atoms with Crippen molar-refractivity contribution in [3.63, 3.8) is 0 Å². The largest absolute Gasteiger partial charge is 0.473 e. The second-order valence-electron chi connectivity index (χ2n) is 11.2. The highest BCUT2D eigenvalue weighted by atomic mass is 19.1. The molecule has 0 amide bonds. The van der Waals surface area contributed by atoms with E-state index < -0.39 is 5.82 Å². The minimum atomic E-state index is -0.468. The van der Waals surface area contributed by atoms with Crippen molar-refractivity contribution in [2.75, 3.05) is 31.7 Å². The van der Waals surface area contributed by atoms with Crippen LogP contribution in [0.3, 0.4) is 0 Å². The number of ether oxygens (including phenoxy) is 3. The Hall–Kier alpha value is -4.53. The van der Waals surface area contributed by atoms with Crippen molar-refractivity contribution in [3.05, 3.63) is 82.9 Å². The fourth-order valence-electron chi connectivity index (χ4n) is 6.38. The zero-order chi connectivity index (χ0) is 29.5. The molecule has 43 heavy (non-hydrogen) atoms. The highest BCUT2D eigenvalue weighted by Crippen LogP contribution is 2.36. The summed E-state index contributed by atoms with van der Waals surface area (Å²) in [6.07, 6.45) is 2.83. The van der Waals surface area contributed by atoms with E-state index in [0.717, 1.165) is 55.0 Å². The fourth-order valence-corrected chi connectivity index (χ4v) is 6.38. The van der Waals surface area contributed by atoms with Gasteiger partial charge in [0.2, 0.25) is 5.88 Å². The number of fused-ring (bicyclic) bond motifs is 3. The lowest BCUT2D eigenvalue weighted by atomic mass is 10.0. The molecule has 3 aliphatic heterocycles. The van der Waals surface area contributed by atoms with Gasteiger partial charge in [-0.05, 0) is 49.2 Å². The number of likely N-dealkylation sites (tertiary alicyclic amines) is 1. The van der Waals surface area contributed by atoms with Crippen LogP contribution in [0.2, 0.25) is 0 Å². The van der Waals surface area contributed by atoms with E-state index in [1.807, 2.05) is 30.3 Å². The van der Waals surface area contributed by atoms with Crippen molar-refractivity contribution in [1.29, 1.82) is 5.26 Å². The van der Waals surface area contributed by atoms with Crippen LogP contribution < -0.4 is 9.64 Å². The Morgan fingerprint density at radius 2 is 2.02 bits per heavy atom. The number of carbonyl (C=O) groups is 1. The van der Waals surface area contributed by atoms with Crippen LogP contribution in [0, 0.1) is 17.1 Å². The smallest absolute Gasteiger partial charge is 0.337 e. The monoisotopic (exact) mass is 582 g/mol. The maximum atomic E-state index is 14.3. The number of hydrogen-bond donors (Lipinski definition) is 0. The maximum absolute atomic E-state index is 14.3. The number of hydrogen-bond acceptors (Lipinski definition) is 9. The average Bonchev–Trinajstić information content (AvgIpc) is 3.53. The summed E-state index contributed by atoms with van der Waals surface area (Å²) in [5.74, 6) is 1.37. The minimum Gasteiger partial charge on any atom is -0.473 e. The van der Waals surface area contributed by atoms with E-state index in [4.69, 9.17) is 29.4 Å². The van der Waals surface area contributed by atoms with Gasteiger partial charge in [-0.2, -0.15) is 10.2 Å². The molecule has 4 aromatic rings. The molecule has 11 heteroatoms. The third-order valence-corrected chi connectivity index (χ3v) is 8.71. The SMILES string of the molecule is COC(=O)c1ccc2nc(CN3CC[C@H]4C[C@@H]3CN4c3cccc(OCc4ccc(C#N)cc4F)n3)n(C3CCO3)c2c1. The number of pyridine rings is 1. The van der Waals surface area contributed by atoms with Gasteiger partial charge in [-0.3, -0.25) is 9.47 Å². The van der Waals surface area contributed by atoms with Gasteiger partial charge >= 0.3 is 5.97 Å². The zero-order valence-corrected chi connectivity index (χ0v) is 23.8. The normalized spacial score (nSPS) is 21.4. The molecule has 0 spiro atoms. The average molecular weight is 583 g/mol. The summed E-state index contributed by atoms with van der Waals surface area (Å²) in [5, 5.41) is 8.97. The first-order chi connectivity index (χ1) is 21.0. The maximum Gasteiger partial charge on any atom is 0.337 e. The number of rotatable bonds is 8. The number of methoxy groups -OCH3 is 1. The fraction of sp³-hybridized carbons (Fsp3) is 0.375. The first-order valence-electron chi connectivity index (χ1n) is 14.5. The van der Waals surface area contributed by atoms with Crippen LogP contribution in [0.25, 0.3) is 11.0 Å². The molecule has 2 aromatic heterocycles. The third kappa shape index (κ3) is 5.17. The van der Waals surface area contributed by atoms with E-state index in [9.17, 15) is 9.18 Å². The van der Waals surface area contributed by atoms with Crippen LogP contribution in [-0.4, -0.2) is 64.3 Å². The molecule has 0 radical (unpaired) electrons. The second kappa shape index (κ2) is 11.3. The van der Waals surface area contributed by atoms with Crippen LogP contribution in [0.1, 0.15) is 52.8 Å². The lowest BCUT2D eigenvalue weighted by molar-refractivity contribution is -0.0993. The van der Waals surface area contributed by atoms with Gasteiger partial charge in [0.25, 0.3) is 0 Å². The van der Waals surface area contributed by atoms with Crippen molar-refractivity contribution >= 4 is 22.8 Å². The van der Waals surface area contributed by atoms with E-state index in [1.54, 1.807) is 24.3 Å². The number of nitriles is 1. The molecule has 1 unspecified atom stereocenters. The van der Waals surface area contributed by atoms with Crippen molar-refractivity contribution in [2.45, 2.75) is 50.7 Å². The van der Waals surface area contributed by atoms with Crippen molar-refractivity contribution in [3.8, 4) is 11.9 Å². The van der Waals surface area contributed by atoms with E-state index in [1.165, 1.54) is 13.2 Å². The molecule has 5 heterocycles. The molecule has 0 N–H and O–H groups in total. The number of esters is 1. The van der Waals surface area contributed by atoms with Gasteiger partial charge in [-0.1, -0.05) is 12.1 Å². The quantitative estimate of drug-likeness (QED) is 0.276. The number of imidazole rings is 1. The lowest BCUT2D eigenvalue weighted by Gasteiger charge is -2.34. The van der Waals surface area contributed by atoms with Crippen LogP contribution >= 0.6 is 0 Å². The number of piperidine rings is 1. The van der Waals surface area contributed by atoms with Crippen molar-refractivity contribution in [2.24, 2.45) is 0 Å². The Balaban J connectivity index is 1.06. The van der Waals surface area contributed by atoms with Crippen LogP contribution in [-0.2, 0) is 22.6 Å². The molecule has 3 aliphatic rings. The van der Waals surface area contributed by atoms with E-state index in [2.05, 4.69) is 14.4 Å². The summed E-state index contributed by atoms with van der Waals surface area (Å²) in [5.41, 5.74) is 2.86. The van der Waals surface area contributed by atoms with Gasteiger partial charge in [0.05, 0.1) is 48.5 Å². The Bertz CT molecular complexity index is 1730. The molecule has 10 nitrogen and oxygen atoms in total. The molecule has 3 fully saturated rings. The first-order valence-corrected chi connectivity index (χ1v) is 14.5. The van der Waals surface area contributed by atoms with Gasteiger partial charge < -0.3 is 19.1 Å². The number of benzene rings is 2. The van der Waals surface area contributed by atoms with E-state index in [-0.39, 0.29) is 24.4 Å².